The van der Waals surface area contributed by atoms with Crippen LogP contribution in [-0.4, -0.2) is 33.8 Å². The van der Waals surface area contributed by atoms with E-state index >= 15 is 0 Å². The molecular weight excluding hydrogens is 378 g/mol. The predicted molar refractivity (Wildman–Crippen MR) is 111 cm³/mol. The van der Waals surface area contributed by atoms with Gasteiger partial charge in [0.05, 0.1) is 9.58 Å². The zero-order chi connectivity index (χ0) is 18.4. The molecule has 1 amide bonds. The van der Waals surface area contributed by atoms with Gasteiger partial charge in [0.15, 0.2) is 5.82 Å². The molecule has 0 bridgehead atoms. The quantitative estimate of drug-likeness (QED) is 0.549. The lowest BCUT2D eigenvalue weighted by Gasteiger charge is -2.19. The molecule has 4 heterocycles. The van der Waals surface area contributed by atoms with Gasteiger partial charge in [-0.05, 0) is 38.1 Å². The first-order chi connectivity index (χ1) is 13.2. The van der Waals surface area contributed by atoms with Crippen LogP contribution in [0.3, 0.4) is 0 Å². The third-order valence-corrected chi connectivity index (χ3v) is 7.40. The second kappa shape index (κ2) is 6.70. The highest BCUT2D eigenvalue weighted by Gasteiger charge is 2.22. The second-order valence-corrected chi connectivity index (χ2v) is 8.93. The minimum atomic E-state index is -0.125. The van der Waals surface area contributed by atoms with Gasteiger partial charge in [0.1, 0.15) is 0 Å². The molecule has 0 spiro atoms. The van der Waals surface area contributed by atoms with Gasteiger partial charge in [0, 0.05) is 27.8 Å². The van der Waals surface area contributed by atoms with E-state index in [1.54, 1.807) is 16.0 Å². The minimum absolute atomic E-state index is 0.125. The summed E-state index contributed by atoms with van der Waals surface area (Å²) >= 11 is 3.26. The van der Waals surface area contributed by atoms with Crippen LogP contribution in [0.2, 0.25) is 0 Å². The van der Waals surface area contributed by atoms with Crippen LogP contribution in [0.4, 0.5) is 5.95 Å². The molecule has 0 saturated carbocycles. The van der Waals surface area contributed by atoms with Crippen LogP contribution in [0.15, 0.2) is 30.3 Å². The molecular formula is C19H19N5OS2. The number of aryl methyl sites for hydroxylation is 1. The number of hydrogen-bond donors (Lipinski definition) is 2. The number of thiophene rings is 2. The highest BCUT2D eigenvalue weighted by atomic mass is 32.1. The molecule has 0 radical (unpaired) electrons. The number of amides is 1. The summed E-state index contributed by atoms with van der Waals surface area (Å²) in [7, 11) is 1.83. The smallest absolute Gasteiger partial charge is 0.268 e. The van der Waals surface area contributed by atoms with Crippen molar-refractivity contribution in [3.63, 3.8) is 0 Å². The predicted octanol–water partition coefficient (Wildman–Crippen LogP) is 3.96. The van der Waals surface area contributed by atoms with E-state index in [1.807, 2.05) is 25.2 Å². The summed E-state index contributed by atoms with van der Waals surface area (Å²) in [5.41, 5.74) is 0. The standard InChI is InChI=1S/C19H19N5OS2/c1-24-19(21-17(23-24)11-6-8-20-9-7-11)22-18(25)15-10-14-16(27-15)12-4-2-3-5-13(12)26-14/h2-5,10-11,20H,6-9H2,1H3,(H,21,22,23,25). The maximum absolute atomic E-state index is 12.8. The number of anilines is 1. The number of aromatic nitrogens is 3. The second-order valence-electron chi connectivity index (χ2n) is 6.80. The molecule has 27 heavy (non-hydrogen) atoms. The van der Waals surface area contributed by atoms with Crippen LogP contribution >= 0.6 is 22.7 Å². The number of carbonyl (C=O) groups is 1. The van der Waals surface area contributed by atoms with Crippen molar-refractivity contribution in [3.05, 3.63) is 41.0 Å². The van der Waals surface area contributed by atoms with Gasteiger partial charge in [-0.15, -0.1) is 22.7 Å². The molecule has 1 aliphatic rings. The molecule has 8 heteroatoms. The molecule has 3 aromatic heterocycles. The summed E-state index contributed by atoms with van der Waals surface area (Å²) in [5.74, 6) is 1.57. The number of fused-ring (bicyclic) bond motifs is 3. The first-order valence-electron chi connectivity index (χ1n) is 9.03. The van der Waals surface area contributed by atoms with E-state index in [0.717, 1.165) is 36.5 Å². The topological polar surface area (TPSA) is 71.8 Å². The fraction of sp³-hybridized carbons (Fsp3) is 0.316. The maximum Gasteiger partial charge on any atom is 0.268 e. The van der Waals surface area contributed by atoms with Crippen LogP contribution < -0.4 is 10.6 Å². The number of nitrogens with zero attached hydrogens (tertiary/aromatic N) is 3. The van der Waals surface area contributed by atoms with Crippen LogP contribution in [0.25, 0.3) is 19.5 Å². The largest absolute Gasteiger partial charge is 0.317 e. The number of piperidine rings is 1. The van der Waals surface area contributed by atoms with Crippen molar-refractivity contribution in [1.29, 1.82) is 0 Å². The fourth-order valence-corrected chi connectivity index (χ4v) is 5.96. The highest BCUT2D eigenvalue weighted by molar-refractivity contribution is 7.33. The van der Waals surface area contributed by atoms with Crippen molar-refractivity contribution in [2.24, 2.45) is 7.05 Å². The highest BCUT2D eigenvalue weighted by Crippen LogP contribution is 2.39. The Balaban J connectivity index is 1.40. The summed E-state index contributed by atoms with van der Waals surface area (Å²) in [4.78, 5) is 18.1. The van der Waals surface area contributed by atoms with E-state index in [9.17, 15) is 4.79 Å². The Labute approximate surface area is 164 Å². The Morgan fingerprint density at radius 1 is 1.22 bits per heavy atom. The molecule has 6 nitrogen and oxygen atoms in total. The Hall–Kier alpha value is -2.29. The average Bonchev–Trinajstić information content (AvgIpc) is 3.35. The molecule has 1 aromatic carbocycles. The lowest BCUT2D eigenvalue weighted by Crippen LogP contribution is -2.27. The van der Waals surface area contributed by atoms with E-state index < -0.39 is 0 Å². The Kier molecular flexibility index (Phi) is 4.18. The van der Waals surface area contributed by atoms with Crippen molar-refractivity contribution < 1.29 is 4.79 Å². The molecule has 0 unspecified atom stereocenters. The van der Waals surface area contributed by atoms with Crippen LogP contribution in [0, 0.1) is 0 Å². The minimum Gasteiger partial charge on any atom is -0.317 e. The number of hydrogen-bond acceptors (Lipinski definition) is 6. The molecule has 0 aliphatic carbocycles. The monoisotopic (exact) mass is 397 g/mol. The van der Waals surface area contributed by atoms with E-state index in [4.69, 9.17) is 0 Å². The summed E-state index contributed by atoms with van der Waals surface area (Å²) in [6, 6.07) is 10.3. The molecule has 138 valence electrons. The zero-order valence-corrected chi connectivity index (χ0v) is 16.5. The molecule has 5 rings (SSSR count). The normalized spacial score (nSPS) is 15.6. The maximum atomic E-state index is 12.8. The third kappa shape index (κ3) is 3.03. The number of benzene rings is 1. The Bertz CT molecular complexity index is 1140. The molecule has 0 atom stereocenters. The summed E-state index contributed by atoms with van der Waals surface area (Å²) < 4.78 is 5.25. The summed E-state index contributed by atoms with van der Waals surface area (Å²) in [5, 5.41) is 12.0. The van der Waals surface area contributed by atoms with Gasteiger partial charge >= 0.3 is 0 Å². The first kappa shape index (κ1) is 16.9. The molecule has 1 saturated heterocycles. The van der Waals surface area contributed by atoms with Crippen LogP contribution in [0.1, 0.15) is 34.3 Å². The van der Waals surface area contributed by atoms with Crippen molar-refractivity contribution in [2.75, 3.05) is 18.4 Å². The lowest BCUT2D eigenvalue weighted by molar-refractivity contribution is 0.102. The molecule has 2 N–H and O–H groups in total. The third-order valence-electron chi connectivity index (χ3n) is 4.98. The van der Waals surface area contributed by atoms with Crippen molar-refractivity contribution in [1.82, 2.24) is 20.1 Å². The van der Waals surface area contributed by atoms with Gasteiger partial charge in [-0.1, -0.05) is 18.2 Å². The number of nitrogens with one attached hydrogen (secondary N) is 2. The Morgan fingerprint density at radius 2 is 2.04 bits per heavy atom. The van der Waals surface area contributed by atoms with Gasteiger partial charge in [-0.25, -0.2) is 4.68 Å². The average molecular weight is 398 g/mol. The van der Waals surface area contributed by atoms with E-state index in [2.05, 4.69) is 32.8 Å². The SMILES string of the molecule is Cn1nc(C2CCNCC2)nc1NC(=O)c1cc2sc3ccccc3c2s1. The van der Waals surface area contributed by atoms with Gasteiger partial charge < -0.3 is 5.32 Å². The van der Waals surface area contributed by atoms with Gasteiger partial charge in [-0.3, -0.25) is 10.1 Å². The summed E-state index contributed by atoms with van der Waals surface area (Å²) in [6.07, 6.45) is 2.07. The van der Waals surface area contributed by atoms with E-state index in [1.165, 1.54) is 26.1 Å². The van der Waals surface area contributed by atoms with Crippen molar-refractivity contribution in [2.45, 2.75) is 18.8 Å². The Morgan fingerprint density at radius 3 is 2.89 bits per heavy atom. The summed E-state index contributed by atoms with van der Waals surface area (Å²) in [6.45, 7) is 1.98. The van der Waals surface area contributed by atoms with Crippen LogP contribution in [0.5, 0.6) is 0 Å². The van der Waals surface area contributed by atoms with Gasteiger partial charge in [0.25, 0.3) is 5.91 Å². The van der Waals surface area contributed by atoms with Gasteiger partial charge in [-0.2, -0.15) is 10.1 Å². The number of rotatable bonds is 3. The fourth-order valence-electron chi connectivity index (χ4n) is 3.54. The first-order valence-corrected chi connectivity index (χ1v) is 10.7. The van der Waals surface area contributed by atoms with Gasteiger partial charge in [0.2, 0.25) is 5.95 Å². The van der Waals surface area contributed by atoms with E-state index in [0.29, 0.717) is 16.7 Å². The van der Waals surface area contributed by atoms with E-state index in [-0.39, 0.29) is 5.91 Å². The zero-order valence-electron chi connectivity index (χ0n) is 14.9. The molecule has 1 fully saturated rings. The molecule has 4 aromatic rings. The molecule has 1 aliphatic heterocycles. The lowest BCUT2D eigenvalue weighted by atomic mass is 9.98. The van der Waals surface area contributed by atoms with Crippen molar-refractivity contribution in [3.8, 4) is 0 Å². The van der Waals surface area contributed by atoms with Crippen LogP contribution in [-0.2, 0) is 7.05 Å². The number of carbonyl (C=O) groups excluding carboxylic acids is 1. The van der Waals surface area contributed by atoms with Crippen molar-refractivity contribution >= 4 is 54.0 Å².